The highest BCUT2D eigenvalue weighted by molar-refractivity contribution is 5.78. The van der Waals surface area contributed by atoms with Crippen LogP contribution in [0.2, 0.25) is 0 Å². The lowest BCUT2D eigenvalue weighted by Crippen LogP contribution is -2.40. The lowest BCUT2D eigenvalue weighted by Gasteiger charge is -2.22. The Morgan fingerprint density at radius 2 is 2.39 bits per heavy atom. The molecule has 0 aliphatic heterocycles. The first-order valence-corrected chi connectivity index (χ1v) is 6.20. The van der Waals surface area contributed by atoms with E-state index in [-0.39, 0.29) is 17.9 Å². The third-order valence-corrected chi connectivity index (χ3v) is 3.11. The van der Waals surface area contributed by atoms with E-state index in [1.807, 2.05) is 6.20 Å². The van der Waals surface area contributed by atoms with Gasteiger partial charge in [0, 0.05) is 38.0 Å². The van der Waals surface area contributed by atoms with Crippen LogP contribution in [-0.2, 0) is 22.4 Å². The van der Waals surface area contributed by atoms with Gasteiger partial charge in [-0.1, -0.05) is 0 Å². The average molecular weight is 250 g/mol. The molecule has 0 saturated carbocycles. The van der Waals surface area contributed by atoms with Gasteiger partial charge in [0.05, 0.1) is 6.20 Å². The Morgan fingerprint density at radius 1 is 1.56 bits per heavy atom. The summed E-state index contributed by atoms with van der Waals surface area (Å²) in [6, 6.07) is 0.169. The van der Waals surface area contributed by atoms with Crippen molar-refractivity contribution < 1.29 is 9.59 Å². The predicted octanol–water partition coefficient (Wildman–Crippen LogP) is -0.0906. The Balaban J connectivity index is 1.74. The van der Waals surface area contributed by atoms with Crippen molar-refractivity contribution in [1.29, 1.82) is 0 Å². The normalized spacial score (nSPS) is 17.9. The maximum Gasteiger partial charge on any atom is 0.221 e. The van der Waals surface area contributed by atoms with Gasteiger partial charge in [0.1, 0.15) is 0 Å². The van der Waals surface area contributed by atoms with Crippen LogP contribution in [0.15, 0.2) is 6.20 Å². The van der Waals surface area contributed by atoms with Crippen molar-refractivity contribution >= 4 is 11.8 Å². The fourth-order valence-corrected chi connectivity index (χ4v) is 2.18. The van der Waals surface area contributed by atoms with Crippen LogP contribution in [0, 0.1) is 0 Å². The van der Waals surface area contributed by atoms with E-state index in [1.165, 1.54) is 12.5 Å². The van der Waals surface area contributed by atoms with Crippen molar-refractivity contribution in [3.63, 3.8) is 0 Å². The van der Waals surface area contributed by atoms with Gasteiger partial charge in [0.15, 0.2) is 0 Å². The van der Waals surface area contributed by atoms with E-state index in [9.17, 15) is 9.59 Å². The first-order chi connectivity index (χ1) is 8.65. The number of aryl methyl sites for hydroxylation is 1. The summed E-state index contributed by atoms with van der Waals surface area (Å²) in [6.07, 6.45) is 4.87. The molecule has 0 radical (unpaired) electrons. The molecule has 0 spiro atoms. The molecule has 0 aromatic carbocycles. The molecule has 1 aliphatic carbocycles. The second-order valence-corrected chi connectivity index (χ2v) is 4.61. The van der Waals surface area contributed by atoms with Crippen LogP contribution in [0.5, 0.6) is 0 Å². The van der Waals surface area contributed by atoms with Crippen LogP contribution in [0.3, 0.4) is 0 Å². The molecule has 1 aromatic rings. The number of rotatable bonds is 4. The number of hydrogen-bond acceptors (Lipinski definition) is 3. The van der Waals surface area contributed by atoms with Gasteiger partial charge in [-0.15, -0.1) is 0 Å². The molecule has 1 aromatic heterocycles. The minimum atomic E-state index is -0.109. The van der Waals surface area contributed by atoms with Crippen LogP contribution in [0.4, 0.5) is 0 Å². The summed E-state index contributed by atoms with van der Waals surface area (Å²) in [5.74, 6) is -0.126. The SMILES string of the molecule is CC(=O)NCCC(=O)N[C@@H]1CCc2cn[nH]c2C1. The summed E-state index contributed by atoms with van der Waals surface area (Å²) in [7, 11) is 0. The highest BCUT2D eigenvalue weighted by atomic mass is 16.2. The van der Waals surface area contributed by atoms with E-state index in [4.69, 9.17) is 0 Å². The summed E-state index contributed by atoms with van der Waals surface area (Å²) < 4.78 is 0. The molecule has 0 bridgehead atoms. The Morgan fingerprint density at radius 3 is 3.17 bits per heavy atom. The molecule has 0 unspecified atom stereocenters. The quantitative estimate of drug-likeness (QED) is 0.698. The van der Waals surface area contributed by atoms with E-state index in [0.29, 0.717) is 13.0 Å². The van der Waals surface area contributed by atoms with Crippen molar-refractivity contribution in [2.75, 3.05) is 6.54 Å². The fourth-order valence-electron chi connectivity index (χ4n) is 2.18. The van der Waals surface area contributed by atoms with Crippen LogP contribution < -0.4 is 10.6 Å². The van der Waals surface area contributed by atoms with Gasteiger partial charge in [-0.05, 0) is 18.4 Å². The molecule has 1 heterocycles. The summed E-state index contributed by atoms with van der Waals surface area (Å²) in [6.45, 7) is 1.84. The van der Waals surface area contributed by atoms with Gasteiger partial charge in [0.25, 0.3) is 0 Å². The number of nitrogens with zero attached hydrogens (tertiary/aromatic N) is 1. The van der Waals surface area contributed by atoms with Crippen molar-refractivity contribution in [1.82, 2.24) is 20.8 Å². The number of nitrogens with one attached hydrogen (secondary N) is 3. The molecule has 0 fully saturated rings. The highest BCUT2D eigenvalue weighted by Crippen LogP contribution is 2.18. The number of aromatic nitrogens is 2. The van der Waals surface area contributed by atoms with Gasteiger partial charge in [-0.3, -0.25) is 14.7 Å². The van der Waals surface area contributed by atoms with Crippen molar-refractivity contribution in [2.24, 2.45) is 0 Å². The standard InChI is InChI=1S/C12H18N4O2/c1-8(17)13-5-4-12(18)15-10-3-2-9-7-14-16-11(9)6-10/h7,10H,2-6H2,1H3,(H,13,17)(H,14,16)(H,15,18)/t10-/m1/s1. The topological polar surface area (TPSA) is 86.9 Å². The van der Waals surface area contributed by atoms with Crippen LogP contribution in [0.1, 0.15) is 31.0 Å². The first kappa shape index (κ1) is 12.6. The molecule has 0 saturated heterocycles. The molecule has 6 nitrogen and oxygen atoms in total. The van der Waals surface area contributed by atoms with Crippen LogP contribution >= 0.6 is 0 Å². The molecular weight excluding hydrogens is 232 g/mol. The summed E-state index contributed by atoms with van der Waals surface area (Å²) in [5, 5.41) is 12.6. The van der Waals surface area contributed by atoms with Crippen molar-refractivity contribution in [2.45, 2.75) is 38.6 Å². The zero-order valence-electron chi connectivity index (χ0n) is 10.5. The first-order valence-electron chi connectivity index (χ1n) is 6.20. The minimum absolute atomic E-state index is 0.0169. The molecule has 98 valence electrons. The van der Waals surface area contributed by atoms with E-state index in [0.717, 1.165) is 25.0 Å². The zero-order valence-corrected chi connectivity index (χ0v) is 10.5. The van der Waals surface area contributed by atoms with E-state index in [1.54, 1.807) is 0 Å². The molecule has 6 heteroatoms. The largest absolute Gasteiger partial charge is 0.356 e. The van der Waals surface area contributed by atoms with E-state index < -0.39 is 0 Å². The number of carbonyl (C=O) groups excluding carboxylic acids is 2. The predicted molar refractivity (Wildman–Crippen MR) is 65.8 cm³/mol. The maximum atomic E-state index is 11.7. The maximum absolute atomic E-state index is 11.7. The minimum Gasteiger partial charge on any atom is -0.356 e. The van der Waals surface area contributed by atoms with Gasteiger partial charge in [-0.25, -0.2) is 0 Å². The molecule has 2 amide bonds. The summed E-state index contributed by atoms with van der Waals surface area (Å²) in [5.41, 5.74) is 2.37. The lowest BCUT2D eigenvalue weighted by molar-refractivity contribution is -0.122. The van der Waals surface area contributed by atoms with Crippen molar-refractivity contribution in [3.05, 3.63) is 17.5 Å². The number of H-pyrrole nitrogens is 1. The number of carbonyl (C=O) groups is 2. The smallest absolute Gasteiger partial charge is 0.221 e. The van der Waals surface area contributed by atoms with Crippen molar-refractivity contribution in [3.8, 4) is 0 Å². The molecule has 2 rings (SSSR count). The third-order valence-electron chi connectivity index (χ3n) is 3.11. The van der Waals surface area contributed by atoms with Crippen LogP contribution in [-0.4, -0.2) is 34.6 Å². The monoisotopic (exact) mass is 250 g/mol. The second-order valence-electron chi connectivity index (χ2n) is 4.61. The van der Waals surface area contributed by atoms with Gasteiger partial charge >= 0.3 is 0 Å². The fraction of sp³-hybridized carbons (Fsp3) is 0.583. The third kappa shape index (κ3) is 3.32. The van der Waals surface area contributed by atoms with Gasteiger partial charge in [0.2, 0.25) is 11.8 Å². The molecule has 1 atom stereocenters. The molecule has 1 aliphatic rings. The number of amides is 2. The Kier molecular flexibility index (Phi) is 3.96. The van der Waals surface area contributed by atoms with E-state index >= 15 is 0 Å². The number of hydrogen-bond donors (Lipinski definition) is 3. The molecule has 3 N–H and O–H groups in total. The van der Waals surface area contributed by atoms with E-state index in [2.05, 4.69) is 20.8 Å². The zero-order chi connectivity index (χ0) is 13.0. The Hall–Kier alpha value is -1.85. The summed E-state index contributed by atoms with van der Waals surface area (Å²) >= 11 is 0. The van der Waals surface area contributed by atoms with Crippen LogP contribution in [0.25, 0.3) is 0 Å². The number of aromatic amines is 1. The molecule has 18 heavy (non-hydrogen) atoms. The van der Waals surface area contributed by atoms with Gasteiger partial charge < -0.3 is 10.6 Å². The summed E-state index contributed by atoms with van der Waals surface area (Å²) in [4.78, 5) is 22.3. The number of fused-ring (bicyclic) bond motifs is 1. The second kappa shape index (κ2) is 5.66. The van der Waals surface area contributed by atoms with Gasteiger partial charge in [-0.2, -0.15) is 5.10 Å². The highest BCUT2D eigenvalue weighted by Gasteiger charge is 2.21. The lowest BCUT2D eigenvalue weighted by atomic mass is 9.94. The Bertz CT molecular complexity index is 441. The average Bonchev–Trinajstić information content (AvgIpc) is 2.75. The Labute approximate surface area is 106 Å². The molecular formula is C12H18N4O2.